The Bertz CT molecular complexity index is 1560. The van der Waals surface area contributed by atoms with Crippen molar-refractivity contribution in [3.8, 4) is 11.1 Å². The smallest absolute Gasteiger partial charge is 0.355 e. The third-order valence-corrected chi connectivity index (χ3v) is 8.68. The van der Waals surface area contributed by atoms with E-state index in [-0.39, 0.29) is 21.7 Å². The number of hydrogen-bond acceptors (Lipinski definition) is 4. The molecule has 2 N–H and O–H groups in total. The SMILES string of the molecule is O=C(Nc1ccc(C(=O)[N+]23CCSCC2=CNC=C2C3=CC=CC2Cl)cc1)c1ccccc1-c1ccccc1. The predicted octanol–water partition coefficient (Wildman–Crippen LogP) is 6.70. The normalized spacial score (nSPS) is 21.7. The number of alkyl halides is 1. The van der Waals surface area contributed by atoms with E-state index in [1.165, 1.54) is 0 Å². The highest BCUT2D eigenvalue weighted by atomic mass is 35.5. The summed E-state index contributed by atoms with van der Waals surface area (Å²) in [6.07, 6.45) is 9.73. The molecule has 3 aromatic rings. The maximum atomic E-state index is 14.3. The van der Waals surface area contributed by atoms with Crippen molar-refractivity contribution in [2.45, 2.75) is 5.38 Å². The second kappa shape index (κ2) is 10.7. The molecule has 2 unspecified atom stereocenters. The highest BCUT2D eigenvalue weighted by Crippen LogP contribution is 2.42. The summed E-state index contributed by atoms with van der Waals surface area (Å²) < 4.78 is 0.121. The first-order valence-electron chi connectivity index (χ1n) is 12.8. The molecule has 194 valence electrons. The van der Waals surface area contributed by atoms with Gasteiger partial charge in [0, 0.05) is 29.3 Å². The van der Waals surface area contributed by atoms with Crippen molar-refractivity contribution in [1.82, 2.24) is 5.32 Å². The largest absolute Gasteiger partial charge is 0.362 e. The molecule has 3 aromatic carbocycles. The molecule has 2 atom stereocenters. The molecule has 2 heterocycles. The number of fused-ring (bicyclic) bond motifs is 3. The molecular weight excluding hydrogens is 526 g/mol. The predicted molar refractivity (Wildman–Crippen MR) is 159 cm³/mol. The van der Waals surface area contributed by atoms with Crippen molar-refractivity contribution in [3.05, 3.63) is 138 Å². The number of allylic oxidation sites excluding steroid dienone is 4. The van der Waals surface area contributed by atoms with Crippen LogP contribution in [0.1, 0.15) is 20.7 Å². The van der Waals surface area contributed by atoms with Crippen LogP contribution in [0.25, 0.3) is 11.1 Å². The number of carbonyl (C=O) groups excluding carboxylic acids is 2. The van der Waals surface area contributed by atoms with Crippen LogP contribution in [0.3, 0.4) is 0 Å². The fraction of sp³-hybridized carbons (Fsp3) is 0.125. The lowest BCUT2D eigenvalue weighted by Crippen LogP contribution is -2.55. The Morgan fingerprint density at radius 3 is 2.54 bits per heavy atom. The minimum absolute atomic E-state index is 0.00568. The van der Waals surface area contributed by atoms with Crippen molar-refractivity contribution >= 4 is 40.9 Å². The maximum absolute atomic E-state index is 14.3. The number of halogens is 1. The van der Waals surface area contributed by atoms with E-state index in [0.29, 0.717) is 23.4 Å². The Kier molecular flexibility index (Phi) is 7.00. The molecule has 39 heavy (non-hydrogen) atoms. The molecule has 2 aliphatic heterocycles. The van der Waals surface area contributed by atoms with Gasteiger partial charge in [-0.3, -0.25) is 4.79 Å². The van der Waals surface area contributed by atoms with Gasteiger partial charge in [0.2, 0.25) is 0 Å². The van der Waals surface area contributed by atoms with Gasteiger partial charge in [0.1, 0.15) is 12.2 Å². The van der Waals surface area contributed by atoms with E-state index in [0.717, 1.165) is 39.6 Å². The van der Waals surface area contributed by atoms with Crippen molar-refractivity contribution in [2.75, 3.05) is 23.4 Å². The van der Waals surface area contributed by atoms with E-state index in [1.54, 1.807) is 24.3 Å². The number of thioether (sulfide) groups is 1. The topological polar surface area (TPSA) is 58.2 Å². The van der Waals surface area contributed by atoms with Gasteiger partial charge in [0.05, 0.1) is 28.5 Å². The van der Waals surface area contributed by atoms with Crippen LogP contribution in [-0.4, -0.2) is 39.7 Å². The van der Waals surface area contributed by atoms with Gasteiger partial charge >= 0.3 is 5.91 Å². The maximum Gasteiger partial charge on any atom is 0.355 e. The molecule has 6 rings (SSSR count). The fourth-order valence-corrected chi connectivity index (χ4v) is 6.70. The highest BCUT2D eigenvalue weighted by molar-refractivity contribution is 7.99. The van der Waals surface area contributed by atoms with Crippen LogP contribution < -0.4 is 10.6 Å². The molecule has 7 heteroatoms. The lowest BCUT2D eigenvalue weighted by Gasteiger charge is -2.41. The van der Waals surface area contributed by atoms with Crippen LogP contribution in [0.15, 0.2) is 126 Å². The molecule has 0 aromatic heterocycles. The van der Waals surface area contributed by atoms with Gasteiger partial charge in [0.15, 0.2) is 5.70 Å². The number of quaternary nitrogens is 1. The van der Waals surface area contributed by atoms with Gasteiger partial charge in [-0.05, 0) is 41.5 Å². The van der Waals surface area contributed by atoms with Gasteiger partial charge in [-0.1, -0.05) is 60.7 Å². The monoisotopic (exact) mass is 552 g/mol. The summed E-state index contributed by atoms with van der Waals surface area (Å²) in [6.45, 7) is 0.645. The Balaban J connectivity index is 1.29. The second-order valence-corrected chi connectivity index (χ2v) is 11.2. The third kappa shape index (κ3) is 4.65. The second-order valence-electron chi connectivity index (χ2n) is 9.57. The number of carbonyl (C=O) groups is 2. The van der Waals surface area contributed by atoms with Crippen LogP contribution in [0.4, 0.5) is 5.69 Å². The van der Waals surface area contributed by atoms with Crippen molar-refractivity contribution in [1.29, 1.82) is 0 Å². The van der Waals surface area contributed by atoms with Crippen LogP contribution in [-0.2, 0) is 0 Å². The number of rotatable bonds is 4. The molecule has 0 saturated carbocycles. The number of hydrogen-bond donors (Lipinski definition) is 2. The van der Waals surface area contributed by atoms with Crippen LogP contribution in [0, 0.1) is 0 Å². The van der Waals surface area contributed by atoms with Crippen LogP contribution in [0.5, 0.6) is 0 Å². The highest BCUT2D eigenvalue weighted by Gasteiger charge is 2.50. The number of amides is 2. The molecule has 3 aliphatic rings. The minimum atomic E-state index is -0.306. The zero-order chi connectivity index (χ0) is 26.8. The van der Waals surface area contributed by atoms with E-state index in [4.69, 9.17) is 11.6 Å². The first kappa shape index (κ1) is 25.4. The summed E-state index contributed by atoms with van der Waals surface area (Å²) in [6, 6.07) is 24.6. The molecule has 1 fully saturated rings. The first-order valence-corrected chi connectivity index (χ1v) is 14.4. The molecule has 2 amide bonds. The summed E-state index contributed by atoms with van der Waals surface area (Å²) >= 11 is 8.47. The molecule has 0 bridgehead atoms. The Morgan fingerprint density at radius 1 is 0.949 bits per heavy atom. The van der Waals surface area contributed by atoms with E-state index >= 15 is 0 Å². The van der Waals surface area contributed by atoms with Gasteiger partial charge in [-0.2, -0.15) is 4.48 Å². The summed E-state index contributed by atoms with van der Waals surface area (Å²) in [5.74, 6) is 1.41. The Hall–Kier alpha value is -3.84. The number of anilines is 1. The molecule has 5 nitrogen and oxygen atoms in total. The lowest BCUT2D eigenvalue weighted by molar-refractivity contribution is -0.766. The summed E-state index contributed by atoms with van der Waals surface area (Å²) in [5.41, 5.74) is 6.47. The van der Waals surface area contributed by atoms with E-state index in [9.17, 15) is 9.59 Å². The molecule has 1 aliphatic carbocycles. The number of nitrogens with zero attached hydrogens (tertiary/aromatic N) is 1. The zero-order valence-corrected chi connectivity index (χ0v) is 22.7. The average molecular weight is 553 g/mol. The van der Waals surface area contributed by atoms with Gasteiger partial charge in [-0.25, -0.2) is 4.79 Å². The van der Waals surface area contributed by atoms with Crippen LogP contribution >= 0.6 is 23.4 Å². The van der Waals surface area contributed by atoms with Crippen molar-refractivity contribution < 1.29 is 14.1 Å². The van der Waals surface area contributed by atoms with Gasteiger partial charge in [-0.15, -0.1) is 23.4 Å². The average Bonchev–Trinajstić information content (AvgIpc) is 3.16. The Labute approximate surface area is 237 Å². The molecule has 0 radical (unpaired) electrons. The summed E-state index contributed by atoms with van der Waals surface area (Å²) in [5, 5.41) is 5.95. The summed E-state index contributed by atoms with van der Waals surface area (Å²) in [7, 11) is 0. The zero-order valence-electron chi connectivity index (χ0n) is 21.1. The third-order valence-electron chi connectivity index (χ3n) is 7.33. The van der Waals surface area contributed by atoms with Crippen molar-refractivity contribution in [3.63, 3.8) is 0 Å². The fourth-order valence-electron chi connectivity index (χ4n) is 5.38. The van der Waals surface area contributed by atoms with Gasteiger partial charge < -0.3 is 10.6 Å². The Morgan fingerprint density at radius 2 is 1.72 bits per heavy atom. The number of benzene rings is 3. The minimum Gasteiger partial charge on any atom is -0.362 e. The molecule has 0 spiro atoms. The standard InChI is InChI=1S/C32H26ClN3O2S/c33-29-11-6-12-30-28(29)20-34-19-25-21-39-18-17-36(25,30)32(38)23-13-15-24(16-14-23)35-31(37)27-10-5-4-9-26(27)22-7-2-1-3-8-22/h1-16,19-20,29,34H,17-18,21H2/p+1. The molecule has 1 saturated heterocycles. The number of nitrogens with one attached hydrogen (secondary N) is 2. The van der Waals surface area contributed by atoms with Gasteiger partial charge in [0.25, 0.3) is 5.91 Å². The summed E-state index contributed by atoms with van der Waals surface area (Å²) in [4.78, 5) is 27.6. The lowest BCUT2D eigenvalue weighted by atomic mass is 9.98. The van der Waals surface area contributed by atoms with E-state index in [1.807, 2.05) is 97.0 Å². The first-order chi connectivity index (χ1) is 19.1. The quantitative estimate of drug-likeness (QED) is 0.279. The van der Waals surface area contributed by atoms with E-state index < -0.39 is 0 Å². The molecular formula is C32H27ClN3O2S+. The van der Waals surface area contributed by atoms with Crippen molar-refractivity contribution in [2.24, 2.45) is 0 Å². The van der Waals surface area contributed by atoms with E-state index in [2.05, 4.69) is 10.6 Å². The van der Waals surface area contributed by atoms with Crippen LogP contribution in [0.2, 0.25) is 0 Å².